The normalized spacial score (nSPS) is 17.9. The minimum atomic E-state index is -0.535. The van der Waals surface area contributed by atoms with Crippen LogP contribution in [0.3, 0.4) is 0 Å². The third-order valence-corrected chi connectivity index (χ3v) is 5.83. The molecule has 4 rings (SSSR count). The van der Waals surface area contributed by atoms with Gasteiger partial charge in [0.15, 0.2) is 0 Å². The number of fused-ring (bicyclic) bond motifs is 1. The maximum Gasteiger partial charge on any atom is 0.410 e. The van der Waals surface area contributed by atoms with Crippen molar-refractivity contribution in [2.24, 2.45) is 5.41 Å². The van der Waals surface area contributed by atoms with Gasteiger partial charge in [-0.3, -0.25) is 20.0 Å². The van der Waals surface area contributed by atoms with E-state index in [-0.39, 0.29) is 23.8 Å². The van der Waals surface area contributed by atoms with Crippen LogP contribution in [0.15, 0.2) is 36.5 Å². The number of ether oxygens (including phenoxy) is 1. The van der Waals surface area contributed by atoms with Gasteiger partial charge in [-0.1, -0.05) is 39.8 Å². The number of carbonyl (C=O) groups is 3. The van der Waals surface area contributed by atoms with Crippen LogP contribution >= 0.6 is 0 Å². The van der Waals surface area contributed by atoms with Gasteiger partial charge in [0.1, 0.15) is 5.60 Å². The van der Waals surface area contributed by atoms with E-state index >= 15 is 0 Å². The number of aromatic nitrogens is 1. The number of amides is 4. The Morgan fingerprint density at radius 1 is 1.14 bits per heavy atom. The number of anilines is 1. The van der Waals surface area contributed by atoms with E-state index in [1.54, 1.807) is 11.1 Å². The van der Waals surface area contributed by atoms with Crippen LogP contribution in [0.1, 0.15) is 60.5 Å². The summed E-state index contributed by atoms with van der Waals surface area (Å²) in [4.78, 5) is 44.0. The number of benzene rings is 1. The largest absolute Gasteiger partial charge is 0.444 e. The first-order valence-corrected chi connectivity index (χ1v) is 12.1. The Hall–Kier alpha value is -3.42. The first-order chi connectivity index (χ1) is 16.4. The van der Waals surface area contributed by atoms with Gasteiger partial charge in [0.05, 0.1) is 17.4 Å². The number of rotatable bonds is 2. The zero-order valence-corrected chi connectivity index (χ0v) is 21.8. The molecule has 1 N–H and O–H groups in total. The van der Waals surface area contributed by atoms with Gasteiger partial charge in [0, 0.05) is 36.9 Å². The van der Waals surface area contributed by atoms with E-state index in [2.05, 4.69) is 36.3 Å². The van der Waals surface area contributed by atoms with E-state index < -0.39 is 11.6 Å². The third-order valence-electron chi connectivity index (χ3n) is 5.83. The number of urea groups is 1. The zero-order valence-electron chi connectivity index (χ0n) is 21.8. The molecule has 2 aromatic rings. The Kier molecular flexibility index (Phi) is 7.53. The fourth-order valence-electron chi connectivity index (χ4n) is 4.32. The number of nitrogens with zero attached hydrogens (tertiary/aromatic N) is 3. The van der Waals surface area contributed by atoms with E-state index in [9.17, 15) is 14.4 Å². The van der Waals surface area contributed by atoms with Crippen molar-refractivity contribution in [1.29, 1.82) is 0 Å². The first kappa shape index (κ1) is 26.2. The Labute approximate surface area is 207 Å². The molecule has 8 nitrogen and oxygen atoms in total. The summed E-state index contributed by atoms with van der Waals surface area (Å²) in [5.41, 5.74) is 2.86. The van der Waals surface area contributed by atoms with Crippen molar-refractivity contribution in [3.63, 3.8) is 0 Å². The lowest BCUT2D eigenvalue weighted by atomic mass is 9.77. The molecule has 188 valence electrons. The second-order valence-corrected chi connectivity index (χ2v) is 10.2. The van der Waals surface area contributed by atoms with E-state index in [1.807, 2.05) is 52.8 Å². The summed E-state index contributed by atoms with van der Waals surface area (Å²) < 4.78 is 5.55. The van der Waals surface area contributed by atoms with E-state index in [0.29, 0.717) is 25.3 Å². The molecule has 0 saturated carbocycles. The average molecular weight is 481 g/mol. The Bertz CT molecular complexity index is 1160. The van der Waals surface area contributed by atoms with Crippen LogP contribution in [0.5, 0.6) is 0 Å². The fraction of sp³-hybridized carbons (Fsp3) is 0.481. The van der Waals surface area contributed by atoms with Crippen molar-refractivity contribution in [2.45, 2.75) is 60.5 Å². The standard InChI is InChI=1S/C25H30N4O4.C2H6/c1-24(2,3)33-23(32)28-10-8-19(25(4,5)15-28)16-6-7-20-17(12-16)13-18(14-26-20)29-11-9-21(30)27-22(29)31;1-2/h6-8,12-14H,9-11,15H2,1-5H3,(H,27,30,31);1-2H3. The minimum Gasteiger partial charge on any atom is -0.444 e. The summed E-state index contributed by atoms with van der Waals surface area (Å²) in [6, 6.07) is 7.56. The summed E-state index contributed by atoms with van der Waals surface area (Å²) in [7, 11) is 0. The van der Waals surface area contributed by atoms with Crippen molar-refractivity contribution in [2.75, 3.05) is 24.5 Å². The monoisotopic (exact) mass is 480 g/mol. The van der Waals surface area contributed by atoms with Crippen LogP contribution in [0.4, 0.5) is 15.3 Å². The van der Waals surface area contributed by atoms with Gasteiger partial charge in [0.25, 0.3) is 0 Å². The molecule has 0 atom stereocenters. The summed E-state index contributed by atoms with van der Waals surface area (Å²) >= 11 is 0. The maximum atomic E-state index is 12.6. The number of nitrogens with one attached hydrogen (secondary N) is 1. The molecule has 0 unspecified atom stereocenters. The van der Waals surface area contributed by atoms with Crippen LogP contribution in [0.2, 0.25) is 0 Å². The Morgan fingerprint density at radius 3 is 2.49 bits per heavy atom. The molecule has 8 heteroatoms. The number of pyridine rings is 1. The molecule has 35 heavy (non-hydrogen) atoms. The topological polar surface area (TPSA) is 91.8 Å². The van der Waals surface area contributed by atoms with Crippen molar-refractivity contribution >= 4 is 40.2 Å². The Balaban J connectivity index is 0.00000167. The van der Waals surface area contributed by atoms with Crippen molar-refractivity contribution in [3.8, 4) is 0 Å². The average Bonchev–Trinajstić information content (AvgIpc) is 2.78. The lowest BCUT2D eigenvalue weighted by molar-refractivity contribution is -0.120. The molecule has 0 aliphatic carbocycles. The SMILES string of the molecule is CC.CC(C)(C)OC(=O)N1CC=C(c2ccc3ncc(N4CCC(=O)NC4=O)cc3c2)C(C)(C)C1. The highest BCUT2D eigenvalue weighted by Crippen LogP contribution is 2.39. The number of hydrogen-bond acceptors (Lipinski definition) is 5. The van der Waals surface area contributed by atoms with Crippen LogP contribution < -0.4 is 10.2 Å². The number of imide groups is 1. The molecular formula is C27H36N4O4. The third kappa shape index (κ3) is 5.99. The molecule has 1 fully saturated rings. The number of carbonyl (C=O) groups excluding carboxylic acids is 3. The highest BCUT2D eigenvalue weighted by molar-refractivity contribution is 6.06. The van der Waals surface area contributed by atoms with Crippen LogP contribution in [0.25, 0.3) is 16.5 Å². The lowest BCUT2D eigenvalue weighted by Crippen LogP contribution is -2.49. The fourth-order valence-corrected chi connectivity index (χ4v) is 4.32. The van der Waals surface area contributed by atoms with Crippen LogP contribution in [0, 0.1) is 5.41 Å². The maximum absolute atomic E-state index is 12.6. The van der Waals surface area contributed by atoms with E-state index in [0.717, 1.165) is 22.0 Å². The van der Waals surface area contributed by atoms with Gasteiger partial charge in [-0.25, -0.2) is 9.59 Å². The molecular weight excluding hydrogens is 444 g/mol. The van der Waals surface area contributed by atoms with Gasteiger partial charge in [-0.2, -0.15) is 0 Å². The molecule has 1 aromatic carbocycles. The van der Waals surface area contributed by atoms with Crippen molar-refractivity contribution in [3.05, 3.63) is 42.1 Å². The van der Waals surface area contributed by atoms with Gasteiger partial charge in [0.2, 0.25) is 5.91 Å². The zero-order chi connectivity index (χ0) is 26.0. The van der Waals surface area contributed by atoms with Gasteiger partial charge < -0.3 is 9.64 Å². The molecule has 0 spiro atoms. The quantitative estimate of drug-likeness (QED) is 0.624. The van der Waals surface area contributed by atoms with Gasteiger partial charge in [-0.15, -0.1) is 0 Å². The van der Waals surface area contributed by atoms with E-state index in [1.165, 1.54) is 4.90 Å². The smallest absolute Gasteiger partial charge is 0.410 e. The second-order valence-electron chi connectivity index (χ2n) is 10.2. The predicted octanol–water partition coefficient (Wildman–Crippen LogP) is 5.37. The summed E-state index contributed by atoms with van der Waals surface area (Å²) in [6.07, 6.45) is 3.69. The molecule has 2 aliphatic heterocycles. The summed E-state index contributed by atoms with van der Waals surface area (Å²) in [6.45, 7) is 15.2. The summed E-state index contributed by atoms with van der Waals surface area (Å²) in [5, 5.41) is 3.25. The molecule has 3 heterocycles. The van der Waals surface area contributed by atoms with Gasteiger partial charge in [-0.05, 0) is 50.1 Å². The highest BCUT2D eigenvalue weighted by atomic mass is 16.6. The first-order valence-electron chi connectivity index (χ1n) is 12.1. The molecule has 0 bridgehead atoms. The van der Waals surface area contributed by atoms with Gasteiger partial charge >= 0.3 is 12.1 Å². The second kappa shape index (κ2) is 10.1. The van der Waals surface area contributed by atoms with Crippen molar-refractivity contribution in [1.82, 2.24) is 15.2 Å². The minimum absolute atomic E-state index is 0.263. The lowest BCUT2D eigenvalue weighted by Gasteiger charge is -2.39. The molecule has 4 amide bonds. The molecule has 1 aromatic heterocycles. The molecule has 0 radical (unpaired) electrons. The molecule has 2 aliphatic rings. The van der Waals surface area contributed by atoms with E-state index in [4.69, 9.17) is 4.74 Å². The van der Waals surface area contributed by atoms with Crippen molar-refractivity contribution < 1.29 is 19.1 Å². The number of hydrogen-bond donors (Lipinski definition) is 1. The van der Waals surface area contributed by atoms with Crippen LogP contribution in [-0.4, -0.2) is 53.2 Å². The Morgan fingerprint density at radius 2 is 1.86 bits per heavy atom. The van der Waals surface area contributed by atoms with Crippen LogP contribution in [-0.2, 0) is 9.53 Å². The predicted molar refractivity (Wildman–Crippen MR) is 138 cm³/mol. The highest BCUT2D eigenvalue weighted by Gasteiger charge is 2.34. The summed E-state index contributed by atoms with van der Waals surface area (Å²) in [5.74, 6) is -0.265. The molecule has 1 saturated heterocycles.